The number of nitrogens with two attached hydrogens (primary N) is 1. The average molecular weight is 281 g/mol. The van der Waals surface area contributed by atoms with E-state index in [1.165, 1.54) is 0 Å². The predicted octanol–water partition coefficient (Wildman–Crippen LogP) is 1.62. The molecule has 0 unspecified atom stereocenters. The van der Waals surface area contributed by atoms with Crippen LogP contribution in [0.4, 0.5) is 5.13 Å². The van der Waals surface area contributed by atoms with Crippen molar-refractivity contribution in [2.24, 2.45) is 11.1 Å². The van der Waals surface area contributed by atoms with E-state index in [0.29, 0.717) is 0 Å². The van der Waals surface area contributed by atoms with Gasteiger partial charge in [-0.05, 0) is 13.0 Å². The lowest BCUT2D eigenvalue weighted by Crippen LogP contribution is -2.47. The molecule has 0 amide bonds. The Morgan fingerprint density at radius 2 is 2.11 bits per heavy atom. The van der Waals surface area contributed by atoms with E-state index in [2.05, 4.69) is 14.8 Å². The molecule has 1 aliphatic rings. The van der Waals surface area contributed by atoms with Crippen molar-refractivity contribution in [3.63, 3.8) is 0 Å². The number of nitrogens with zero attached hydrogens (tertiary/aromatic N) is 3. The van der Waals surface area contributed by atoms with Gasteiger partial charge in [0.25, 0.3) is 0 Å². The van der Waals surface area contributed by atoms with Crippen molar-refractivity contribution in [3.8, 4) is 0 Å². The molecule has 0 aromatic carbocycles. The Kier molecular flexibility index (Phi) is 4.42. The third-order valence-corrected chi connectivity index (χ3v) is 4.68. The van der Waals surface area contributed by atoms with Crippen molar-refractivity contribution >= 4 is 22.3 Å². The van der Waals surface area contributed by atoms with E-state index in [9.17, 15) is 0 Å². The van der Waals surface area contributed by atoms with Crippen LogP contribution in [-0.2, 0) is 0 Å². The van der Waals surface area contributed by atoms with Crippen molar-refractivity contribution in [1.29, 1.82) is 5.41 Å². The third-order valence-electron chi connectivity index (χ3n) is 3.84. The number of rotatable bonds is 5. The van der Waals surface area contributed by atoms with Crippen LogP contribution in [-0.4, -0.2) is 48.4 Å². The maximum atomic E-state index is 7.59. The standard InChI is InChI=1S/C13H23N5S/c1-13(2,11(14)15)3-5-17-6-8-18(9-7-17)12-16-4-10-19-12/h4,10H,3,5-9H2,1-2H3,(H3,14,15). The van der Waals surface area contributed by atoms with Gasteiger partial charge in [-0.15, -0.1) is 11.3 Å². The van der Waals surface area contributed by atoms with Gasteiger partial charge in [-0.2, -0.15) is 0 Å². The number of thiazole rings is 1. The third kappa shape index (κ3) is 3.67. The number of hydrogen-bond acceptors (Lipinski definition) is 5. The molecule has 0 radical (unpaired) electrons. The largest absolute Gasteiger partial charge is 0.387 e. The monoisotopic (exact) mass is 281 g/mol. The highest BCUT2D eigenvalue weighted by atomic mass is 32.1. The molecule has 1 fully saturated rings. The molecule has 0 bridgehead atoms. The van der Waals surface area contributed by atoms with Crippen molar-refractivity contribution in [3.05, 3.63) is 11.6 Å². The lowest BCUT2D eigenvalue weighted by molar-refractivity contribution is 0.232. The molecule has 2 heterocycles. The van der Waals surface area contributed by atoms with Crippen molar-refractivity contribution in [2.75, 3.05) is 37.6 Å². The number of piperazine rings is 1. The summed E-state index contributed by atoms with van der Waals surface area (Å²) in [6, 6.07) is 0. The Morgan fingerprint density at radius 1 is 1.42 bits per heavy atom. The van der Waals surface area contributed by atoms with E-state index in [-0.39, 0.29) is 11.3 Å². The molecule has 5 nitrogen and oxygen atoms in total. The highest BCUT2D eigenvalue weighted by molar-refractivity contribution is 7.13. The summed E-state index contributed by atoms with van der Waals surface area (Å²) in [5.41, 5.74) is 5.43. The molecule has 6 heteroatoms. The summed E-state index contributed by atoms with van der Waals surface area (Å²) >= 11 is 1.70. The zero-order valence-corrected chi connectivity index (χ0v) is 12.5. The number of hydrogen-bond donors (Lipinski definition) is 2. The molecule has 1 aromatic heterocycles. The smallest absolute Gasteiger partial charge is 0.185 e. The van der Waals surface area contributed by atoms with Crippen LogP contribution >= 0.6 is 11.3 Å². The van der Waals surface area contributed by atoms with Crippen molar-refractivity contribution in [2.45, 2.75) is 20.3 Å². The minimum atomic E-state index is -0.188. The van der Waals surface area contributed by atoms with E-state index in [1.807, 2.05) is 25.4 Å². The molecular formula is C13H23N5S. The summed E-state index contributed by atoms with van der Waals surface area (Å²) in [5, 5.41) is 10.7. The van der Waals surface area contributed by atoms with E-state index in [4.69, 9.17) is 11.1 Å². The first-order valence-corrected chi connectivity index (χ1v) is 7.58. The average Bonchev–Trinajstić information content (AvgIpc) is 2.91. The number of nitrogens with one attached hydrogen (secondary N) is 1. The van der Waals surface area contributed by atoms with Gasteiger partial charge in [0.15, 0.2) is 5.13 Å². The Bertz CT molecular complexity index is 407. The highest BCUT2D eigenvalue weighted by Crippen LogP contribution is 2.22. The molecule has 2 rings (SSSR count). The van der Waals surface area contributed by atoms with Crippen LogP contribution in [0, 0.1) is 10.8 Å². The Labute approximate surface area is 118 Å². The Hall–Kier alpha value is -1.14. The van der Waals surface area contributed by atoms with Crippen LogP contribution in [0.25, 0.3) is 0 Å². The summed E-state index contributed by atoms with van der Waals surface area (Å²) in [4.78, 5) is 9.15. The summed E-state index contributed by atoms with van der Waals surface area (Å²) in [5.74, 6) is 0.286. The summed E-state index contributed by atoms with van der Waals surface area (Å²) < 4.78 is 0. The molecule has 0 aliphatic carbocycles. The van der Waals surface area contributed by atoms with Crippen LogP contribution in [0.3, 0.4) is 0 Å². The van der Waals surface area contributed by atoms with Crippen molar-refractivity contribution in [1.82, 2.24) is 9.88 Å². The maximum absolute atomic E-state index is 7.59. The zero-order chi connectivity index (χ0) is 13.9. The van der Waals surface area contributed by atoms with Gasteiger partial charge in [-0.25, -0.2) is 4.98 Å². The highest BCUT2D eigenvalue weighted by Gasteiger charge is 2.24. The second-order valence-corrected chi connectivity index (χ2v) is 6.56. The summed E-state index contributed by atoms with van der Waals surface area (Å²) in [7, 11) is 0. The minimum absolute atomic E-state index is 0.188. The molecule has 1 aromatic rings. The van der Waals surface area contributed by atoms with E-state index in [1.54, 1.807) is 11.3 Å². The maximum Gasteiger partial charge on any atom is 0.185 e. The SMILES string of the molecule is CC(C)(CCN1CCN(c2nccs2)CC1)C(=N)N. The first-order chi connectivity index (χ1) is 8.99. The van der Waals surface area contributed by atoms with Crippen LogP contribution in [0.2, 0.25) is 0 Å². The van der Waals surface area contributed by atoms with Crippen LogP contribution < -0.4 is 10.6 Å². The van der Waals surface area contributed by atoms with Crippen molar-refractivity contribution < 1.29 is 0 Å². The predicted molar refractivity (Wildman–Crippen MR) is 81.1 cm³/mol. The molecule has 3 N–H and O–H groups in total. The molecule has 19 heavy (non-hydrogen) atoms. The Balaban J connectivity index is 1.76. The zero-order valence-electron chi connectivity index (χ0n) is 11.7. The molecule has 1 saturated heterocycles. The van der Waals surface area contributed by atoms with Crippen LogP contribution in [0.15, 0.2) is 11.6 Å². The first-order valence-electron chi connectivity index (χ1n) is 6.70. The summed E-state index contributed by atoms with van der Waals surface area (Å²) in [6.07, 6.45) is 2.81. The van der Waals surface area contributed by atoms with Gasteiger partial charge >= 0.3 is 0 Å². The molecule has 106 valence electrons. The topological polar surface area (TPSA) is 69.2 Å². The van der Waals surface area contributed by atoms with Gasteiger partial charge in [0.05, 0.1) is 5.84 Å². The molecule has 0 atom stereocenters. The molecule has 0 spiro atoms. The lowest BCUT2D eigenvalue weighted by Gasteiger charge is -2.36. The van der Waals surface area contributed by atoms with E-state index < -0.39 is 0 Å². The quantitative estimate of drug-likeness (QED) is 0.635. The fraction of sp³-hybridized carbons (Fsp3) is 0.692. The van der Waals surface area contributed by atoms with Gasteiger partial charge in [-0.3, -0.25) is 10.3 Å². The number of anilines is 1. The van der Waals surface area contributed by atoms with Gasteiger partial charge in [0, 0.05) is 43.2 Å². The van der Waals surface area contributed by atoms with Gasteiger partial charge in [0.1, 0.15) is 0 Å². The number of aromatic nitrogens is 1. The van der Waals surface area contributed by atoms with Crippen LogP contribution in [0.5, 0.6) is 0 Å². The van der Waals surface area contributed by atoms with Gasteiger partial charge in [0.2, 0.25) is 0 Å². The van der Waals surface area contributed by atoms with Crippen LogP contribution in [0.1, 0.15) is 20.3 Å². The molecular weight excluding hydrogens is 258 g/mol. The molecule has 0 saturated carbocycles. The molecule has 1 aliphatic heterocycles. The minimum Gasteiger partial charge on any atom is -0.387 e. The number of amidine groups is 1. The van der Waals surface area contributed by atoms with E-state index in [0.717, 1.165) is 44.3 Å². The van der Waals surface area contributed by atoms with Gasteiger partial charge in [-0.1, -0.05) is 13.8 Å². The van der Waals surface area contributed by atoms with Gasteiger partial charge < -0.3 is 10.6 Å². The second kappa shape index (κ2) is 5.88. The summed E-state index contributed by atoms with van der Waals surface area (Å²) in [6.45, 7) is 9.30. The lowest BCUT2D eigenvalue weighted by atomic mass is 9.88. The van der Waals surface area contributed by atoms with E-state index >= 15 is 0 Å². The fourth-order valence-corrected chi connectivity index (χ4v) is 2.80. The first kappa shape index (κ1) is 14.3. The Morgan fingerprint density at radius 3 is 2.63 bits per heavy atom. The second-order valence-electron chi connectivity index (χ2n) is 5.69. The normalized spacial score (nSPS) is 17.7. The fourth-order valence-electron chi connectivity index (χ4n) is 2.11.